The number of aryl methyl sites for hydroxylation is 1. The van der Waals surface area contributed by atoms with E-state index in [1.165, 1.54) is 4.31 Å². The van der Waals surface area contributed by atoms with Gasteiger partial charge in [-0.3, -0.25) is 0 Å². The molecule has 0 aliphatic heterocycles. The lowest BCUT2D eigenvalue weighted by atomic mass is 10.4. The van der Waals surface area contributed by atoms with Gasteiger partial charge in [-0.05, 0) is 27.8 Å². The van der Waals surface area contributed by atoms with Gasteiger partial charge in [0.05, 0.1) is 6.54 Å². The predicted molar refractivity (Wildman–Crippen MR) is 75.4 cm³/mol. The van der Waals surface area contributed by atoms with Gasteiger partial charge in [-0.15, -0.1) is 6.58 Å². The summed E-state index contributed by atoms with van der Waals surface area (Å²) in [6, 6.07) is 1.45. The summed E-state index contributed by atoms with van der Waals surface area (Å²) in [5, 5.41) is 2.93. The quantitative estimate of drug-likeness (QED) is 0.778. The standard InChI is InChI=1S/C13H22N2O3S/c1-6-7-15(10(2)3)19(16,17)13-8-12(9-14-5)18-11(13)4/h6,8,10,14H,1,7,9H2,2-5H3. The maximum atomic E-state index is 12.6. The predicted octanol–water partition coefficient (Wildman–Crippen LogP) is 1.89. The Bertz CT molecular complexity index is 532. The molecule has 5 nitrogen and oxygen atoms in total. The van der Waals surface area contributed by atoms with Crippen molar-refractivity contribution in [3.05, 3.63) is 30.2 Å². The summed E-state index contributed by atoms with van der Waals surface area (Å²) < 4.78 is 32.1. The summed E-state index contributed by atoms with van der Waals surface area (Å²) in [5.41, 5.74) is 0. The first-order chi connectivity index (χ1) is 8.84. The Morgan fingerprint density at radius 3 is 2.63 bits per heavy atom. The number of nitrogens with one attached hydrogen (secondary N) is 1. The molecule has 1 N–H and O–H groups in total. The second-order valence-corrected chi connectivity index (χ2v) is 6.48. The fourth-order valence-corrected chi connectivity index (χ4v) is 3.68. The first kappa shape index (κ1) is 15.9. The number of furan rings is 1. The third-order valence-electron chi connectivity index (χ3n) is 2.75. The zero-order valence-corrected chi connectivity index (χ0v) is 12.8. The van der Waals surface area contributed by atoms with E-state index in [1.807, 2.05) is 13.8 Å². The van der Waals surface area contributed by atoms with Gasteiger partial charge in [0.2, 0.25) is 10.0 Å². The van der Waals surface area contributed by atoms with Gasteiger partial charge < -0.3 is 9.73 Å². The minimum atomic E-state index is -3.55. The van der Waals surface area contributed by atoms with E-state index in [1.54, 1.807) is 26.1 Å². The Kier molecular flexibility index (Phi) is 5.34. The van der Waals surface area contributed by atoms with Crippen molar-refractivity contribution in [1.82, 2.24) is 9.62 Å². The molecule has 0 atom stereocenters. The van der Waals surface area contributed by atoms with Gasteiger partial charge in [0.25, 0.3) is 0 Å². The van der Waals surface area contributed by atoms with E-state index in [0.717, 1.165) is 0 Å². The number of nitrogens with zero attached hydrogens (tertiary/aromatic N) is 1. The molecule has 6 heteroatoms. The van der Waals surface area contributed by atoms with E-state index >= 15 is 0 Å². The number of sulfonamides is 1. The van der Waals surface area contributed by atoms with Crippen molar-refractivity contribution in [2.75, 3.05) is 13.6 Å². The highest BCUT2D eigenvalue weighted by Crippen LogP contribution is 2.25. The summed E-state index contributed by atoms with van der Waals surface area (Å²) in [6.45, 7) is 9.73. The molecule has 0 aromatic carbocycles. The van der Waals surface area contributed by atoms with Crippen LogP contribution in [0.5, 0.6) is 0 Å². The van der Waals surface area contributed by atoms with Gasteiger partial charge in [0, 0.05) is 18.7 Å². The number of hydrogen-bond acceptors (Lipinski definition) is 4. The molecule has 19 heavy (non-hydrogen) atoms. The largest absolute Gasteiger partial charge is 0.464 e. The molecule has 0 saturated carbocycles. The van der Waals surface area contributed by atoms with Crippen LogP contribution in [0.25, 0.3) is 0 Å². The summed E-state index contributed by atoms with van der Waals surface area (Å²) in [7, 11) is -1.77. The highest BCUT2D eigenvalue weighted by Gasteiger charge is 2.29. The van der Waals surface area contributed by atoms with Gasteiger partial charge in [-0.2, -0.15) is 4.31 Å². The Labute approximate surface area is 115 Å². The summed E-state index contributed by atoms with van der Waals surface area (Å²) in [6.07, 6.45) is 1.58. The summed E-state index contributed by atoms with van der Waals surface area (Å²) in [5.74, 6) is 1.03. The molecule has 0 amide bonds. The molecule has 0 aliphatic rings. The van der Waals surface area contributed by atoms with Crippen LogP contribution in [0.2, 0.25) is 0 Å². The molecule has 0 spiro atoms. The number of rotatable bonds is 7. The average Bonchev–Trinajstić information content (AvgIpc) is 2.67. The zero-order valence-electron chi connectivity index (χ0n) is 11.9. The molecule has 1 aromatic heterocycles. The fraction of sp³-hybridized carbons (Fsp3) is 0.538. The molecule has 1 heterocycles. The third kappa shape index (κ3) is 3.46. The van der Waals surface area contributed by atoms with Gasteiger partial charge in [-0.1, -0.05) is 6.08 Å². The van der Waals surface area contributed by atoms with Crippen molar-refractivity contribution < 1.29 is 12.8 Å². The topological polar surface area (TPSA) is 62.6 Å². The Balaban J connectivity index is 3.21. The molecule has 1 aromatic rings. The van der Waals surface area contributed by atoms with Crippen molar-refractivity contribution in [3.63, 3.8) is 0 Å². The van der Waals surface area contributed by atoms with Gasteiger partial charge in [0.15, 0.2) is 0 Å². The monoisotopic (exact) mass is 286 g/mol. The van der Waals surface area contributed by atoms with E-state index in [2.05, 4.69) is 11.9 Å². The lowest BCUT2D eigenvalue weighted by Gasteiger charge is -2.24. The van der Waals surface area contributed by atoms with E-state index in [0.29, 0.717) is 18.1 Å². The van der Waals surface area contributed by atoms with E-state index in [4.69, 9.17) is 4.42 Å². The van der Waals surface area contributed by atoms with Crippen molar-refractivity contribution in [2.45, 2.75) is 38.3 Å². The second-order valence-electron chi connectivity index (χ2n) is 4.62. The number of hydrogen-bond donors (Lipinski definition) is 1. The lowest BCUT2D eigenvalue weighted by Crippen LogP contribution is -2.37. The van der Waals surface area contributed by atoms with Crippen LogP contribution in [0.1, 0.15) is 25.4 Å². The molecule has 0 unspecified atom stereocenters. The highest BCUT2D eigenvalue weighted by atomic mass is 32.2. The molecule has 0 saturated heterocycles. The molecule has 0 aliphatic carbocycles. The first-order valence-corrected chi connectivity index (χ1v) is 7.65. The maximum Gasteiger partial charge on any atom is 0.247 e. The maximum absolute atomic E-state index is 12.6. The molecular weight excluding hydrogens is 264 g/mol. The van der Waals surface area contributed by atoms with Crippen molar-refractivity contribution in [2.24, 2.45) is 0 Å². The molecular formula is C13H22N2O3S. The first-order valence-electron chi connectivity index (χ1n) is 6.21. The van der Waals surface area contributed by atoms with Gasteiger partial charge >= 0.3 is 0 Å². The highest BCUT2D eigenvalue weighted by molar-refractivity contribution is 7.89. The minimum absolute atomic E-state index is 0.134. The summed E-state index contributed by atoms with van der Waals surface area (Å²) in [4.78, 5) is 0.230. The van der Waals surface area contributed by atoms with Crippen LogP contribution in [0.3, 0.4) is 0 Å². The van der Waals surface area contributed by atoms with E-state index < -0.39 is 10.0 Å². The molecule has 0 bridgehead atoms. The van der Waals surface area contributed by atoms with Crippen LogP contribution >= 0.6 is 0 Å². The average molecular weight is 286 g/mol. The van der Waals surface area contributed by atoms with Crippen LogP contribution in [0, 0.1) is 6.92 Å². The molecule has 1 rings (SSSR count). The van der Waals surface area contributed by atoms with E-state index in [9.17, 15) is 8.42 Å². The van der Waals surface area contributed by atoms with Gasteiger partial charge in [0.1, 0.15) is 16.4 Å². The summed E-state index contributed by atoms with van der Waals surface area (Å²) >= 11 is 0. The van der Waals surface area contributed by atoms with Crippen LogP contribution in [0.15, 0.2) is 28.0 Å². The third-order valence-corrected chi connectivity index (χ3v) is 4.90. The van der Waals surface area contributed by atoms with E-state index in [-0.39, 0.29) is 17.5 Å². The van der Waals surface area contributed by atoms with Crippen LogP contribution in [0.4, 0.5) is 0 Å². The molecule has 0 radical (unpaired) electrons. The Morgan fingerprint density at radius 1 is 1.53 bits per heavy atom. The Hall–Kier alpha value is -1.11. The smallest absolute Gasteiger partial charge is 0.247 e. The van der Waals surface area contributed by atoms with Gasteiger partial charge in [-0.25, -0.2) is 8.42 Å². The van der Waals surface area contributed by atoms with Crippen LogP contribution in [-0.4, -0.2) is 32.4 Å². The van der Waals surface area contributed by atoms with Crippen LogP contribution in [-0.2, 0) is 16.6 Å². The van der Waals surface area contributed by atoms with Crippen molar-refractivity contribution in [3.8, 4) is 0 Å². The fourth-order valence-electron chi connectivity index (χ4n) is 1.88. The SMILES string of the molecule is C=CCN(C(C)C)S(=O)(=O)c1cc(CNC)oc1C. The zero-order chi connectivity index (χ0) is 14.6. The van der Waals surface area contributed by atoms with Crippen molar-refractivity contribution in [1.29, 1.82) is 0 Å². The van der Waals surface area contributed by atoms with Crippen molar-refractivity contribution >= 4 is 10.0 Å². The van der Waals surface area contributed by atoms with Crippen LogP contribution < -0.4 is 5.32 Å². The molecule has 0 fully saturated rings. The minimum Gasteiger partial charge on any atom is -0.464 e. The second kappa shape index (κ2) is 6.36. The lowest BCUT2D eigenvalue weighted by molar-refractivity contribution is 0.381. The normalized spacial score (nSPS) is 12.3. The molecule has 108 valence electrons. The Morgan fingerprint density at radius 2 is 2.16 bits per heavy atom.